The normalized spacial score (nSPS) is 11.9. The molecule has 0 fully saturated rings. The molecule has 7 heteroatoms. The maximum atomic E-state index is 11.0. The molecule has 0 aromatic heterocycles. The number of carbonyl (C=O) groups excluding carboxylic acids is 1. The minimum Gasteiger partial charge on any atom is -0.387 e. The van der Waals surface area contributed by atoms with Gasteiger partial charge < -0.3 is 15.7 Å². The first-order chi connectivity index (χ1) is 9.04. The molecule has 3 N–H and O–H groups in total. The van der Waals surface area contributed by atoms with Crippen LogP contribution in [0.3, 0.4) is 0 Å². The van der Waals surface area contributed by atoms with Crippen molar-refractivity contribution in [3.63, 3.8) is 0 Å². The van der Waals surface area contributed by atoms with E-state index in [1.165, 1.54) is 24.3 Å². The summed E-state index contributed by atoms with van der Waals surface area (Å²) < 4.78 is 0. The van der Waals surface area contributed by atoms with Gasteiger partial charge in [0.2, 0.25) is 5.91 Å². The fraction of sp³-hybridized carbons (Fsp3) is 0.417. The molecule has 1 amide bonds. The lowest BCUT2D eigenvalue weighted by Gasteiger charge is -2.11. The molecule has 1 atom stereocenters. The Labute approximate surface area is 110 Å². The van der Waals surface area contributed by atoms with Crippen LogP contribution in [-0.2, 0) is 4.79 Å². The Hall–Kier alpha value is -1.99. The fourth-order valence-electron chi connectivity index (χ4n) is 1.50. The molecule has 7 nitrogen and oxygen atoms in total. The Kier molecular flexibility index (Phi) is 5.91. The van der Waals surface area contributed by atoms with E-state index in [0.717, 1.165) is 0 Å². The van der Waals surface area contributed by atoms with Crippen molar-refractivity contribution in [2.75, 3.05) is 20.1 Å². The van der Waals surface area contributed by atoms with Crippen LogP contribution in [0.15, 0.2) is 24.3 Å². The highest BCUT2D eigenvalue weighted by molar-refractivity contribution is 5.75. The van der Waals surface area contributed by atoms with E-state index in [1.54, 1.807) is 7.05 Å². The van der Waals surface area contributed by atoms with E-state index >= 15 is 0 Å². The van der Waals surface area contributed by atoms with Gasteiger partial charge in [0, 0.05) is 38.7 Å². The number of amides is 1. The lowest BCUT2D eigenvalue weighted by molar-refractivity contribution is -0.384. The van der Waals surface area contributed by atoms with Crippen LogP contribution < -0.4 is 10.6 Å². The second-order valence-corrected chi connectivity index (χ2v) is 3.99. The summed E-state index contributed by atoms with van der Waals surface area (Å²) in [5.74, 6) is -0.0719. The quantitative estimate of drug-likeness (QED) is 0.376. The molecule has 19 heavy (non-hydrogen) atoms. The van der Waals surface area contributed by atoms with Crippen molar-refractivity contribution in [2.24, 2.45) is 0 Å². The first-order valence-corrected chi connectivity index (χ1v) is 5.88. The van der Waals surface area contributed by atoms with Crippen LogP contribution in [0.2, 0.25) is 0 Å². The van der Waals surface area contributed by atoms with Gasteiger partial charge in [-0.1, -0.05) is 0 Å². The van der Waals surface area contributed by atoms with Crippen LogP contribution in [0.25, 0.3) is 0 Å². The third-order valence-electron chi connectivity index (χ3n) is 2.63. The number of nitrogens with one attached hydrogen (secondary N) is 2. The van der Waals surface area contributed by atoms with E-state index in [4.69, 9.17) is 0 Å². The third-order valence-corrected chi connectivity index (χ3v) is 2.63. The van der Waals surface area contributed by atoms with E-state index < -0.39 is 11.0 Å². The molecule has 1 rings (SSSR count). The first-order valence-electron chi connectivity index (χ1n) is 5.88. The summed E-state index contributed by atoms with van der Waals surface area (Å²) in [6.45, 7) is 0.749. The molecule has 0 saturated heterocycles. The molecule has 0 saturated carbocycles. The molecular formula is C12H17N3O4. The lowest BCUT2D eigenvalue weighted by Crippen LogP contribution is -2.27. The van der Waals surface area contributed by atoms with E-state index in [1.807, 2.05) is 0 Å². The van der Waals surface area contributed by atoms with Crippen LogP contribution in [0.5, 0.6) is 0 Å². The first kappa shape index (κ1) is 15.1. The van der Waals surface area contributed by atoms with Gasteiger partial charge >= 0.3 is 0 Å². The molecule has 0 bridgehead atoms. The van der Waals surface area contributed by atoms with Gasteiger partial charge in [-0.15, -0.1) is 0 Å². The number of nitro groups is 1. The number of hydrogen-bond acceptors (Lipinski definition) is 5. The second-order valence-electron chi connectivity index (χ2n) is 3.99. The summed E-state index contributed by atoms with van der Waals surface area (Å²) in [6, 6.07) is 5.73. The minimum absolute atomic E-state index is 0.0106. The monoisotopic (exact) mass is 267 g/mol. The fourth-order valence-corrected chi connectivity index (χ4v) is 1.50. The highest BCUT2D eigenvalue weighted by atomic mass is 16.6. The summed E-state index contributed by atoms with van der Waals surface area (Å²) >= 11 is 0. The zero-order valence-electron chi connectivity index (χ0n) is 10.6. The van der Waals surface area contributed by atoms with Crippen molar-refractivity contribution in [3.05, 3.63) is 39.9 Å². The predicted octanol–water partition coefficient (Wildman–Crippen LogP) is 0.354. The Morgan fingerprint density at radius 2 is 2.05 bits per heavy atom. The number of non-ortho nitro benzene ring substituents is 1. The van der Waals surface area contributed by atoms with E-state index in [0.29, 0.717) is 18.5 Å². The zero-order chi connectivity index (χ0) is 14.3. The van der Waals surface area contributed by atoms with Crippen LogP contribution in [0.1, 0.15) is 18.1 Å². The van der Waals surface area contributed by atoms with Crippen LogP contribution in [0, 0.1) is 10.1 Å². The average molecular weight is 267 g/mol. The Balaban J connectivity index is 2.38. The van der Waals surface area contributed by atoms with Crippen LogP contribution in [-0.4, -0.2) is 36.1 Å². The Bertz CT molecular complexity index is 433. The van der Waals surface area contributed by atoms with Gasteiger partial charge in [-0.25, -0.2) is 0 Å². The minimum atomic E-state index is -0.759. The summed E-state index contributed by atoms with van der Waals surface area (Å²) in [5.41, 5.74) is 0.585. The number of nitrogens with zero attached hydrogens (tertiary/aromatic N) is 1. The van der Waals surface area contributed by atoms with E-state index in [-0.39, 0.29) is 18.1 Å². The molecule has 104 valence electrons. The van der Waals surface area contributed by atoms with Crippen molar-refractivity contribution in [3.8, 4) is 0 Å². The molecule has 0 spiro atoms. The molecule has 1 unspecified atom stereocenters. The number of benzene rings is 1. The van der Waals surface area contributed by atoms with Gasteiger partial charge in [0.05, 0.1) is 11.0 Å². The largest absolute Gasteiger partial charge is 0.387 e. The number of rotatable bonds is 7. The lowest BCUT2D eigenvalue weighted by atomic mass is 10.1. The molecule has 0 aliphatic rings. The van der Waals surface area contributed by atoms with Gasteiger partial charge in [0.15, 0.2) is 0 Å². The topological polar surface area (TPSA) is 104 Å². The zero-order valence-corrected chi connectivity index (χ0v) is 10.6. The number of carbonyl (C=O) groups is 1. The maximum absolute atomic E-state index is 11.0. The van der Waals surface area contributed by atoms with Crippen molar-refractivity contribution < 1.29 is 14.8 Å². The maximum Gasteiger partial charge on any atom is 0.269 e. The standard InChI is InChI=1S/C12H17N3O4/c1-13-12(17)6-7-14-8-11(16)9-2-4-10(5-3-9)15(18)19/h2-5,11,14,16H,6-8H2,1H3,(H,13,17). The molecule has 0 aliphatic heterocycles. The van der Waals surface area contributed by atoms with Crippen LogP contribution in [0.4, 0.5) is 5.69 Å². The molecule has 0 heterocycles. The predicted molar refractivity (Wildman–Crippen MR) is 69.6 cm³/mol. The molecular weight excluding hydrogens is 250 g/mol. The highest BCUT2D eigenvalue weighted by Crippen LogP contribution is 2.17. The van der Waals surface area contributed by atoms with Gasteiger partial charge in [0.1, 0.15) is 0 Å². The smallest absolute Gasteiger partial charge is 0.269 e. The van der Waals surface area contributed by atoms with Crippen LogP contribution >= 0.6 is 0 Å². The molecule has 1 aromatic carbocycles. The summed E-state index contributed by atoms with van der Waals surface area (Å²) in [4.78, 5) is 20.9. The number of aliphatic hydroxyl groups is 1. The summed E-state index contributed by atoms with van der Waals surface area (Å²) in [6.07, 6.45) is -0.422. The van der Waals surface area contributed by atoms with Crippen molar-refractivity contribution in [1.82, 2.24) is 10.6 Å². The third kappa shape index (κ3) is 5.02. The summed E-state index contributed by atoms with van der Waals surface area (Å²) in [7, 11) is 1.56. The summed E-state index contributed by atoms with van der Waals surface area (Å²) in [5, 5.41) is 25.8. The highest BCUT2D eigenvalue weighted by Gasteiger charge is 2.10. The second kappa shape index (κ2) is 7.45. The van der Waals surface area contributed by atoms with Crippen molar-refractivity contribution in [1.29, 1.82) is 0 Å². The Morgan fingerprint density at radius 1 is 1.42 bits per heavy atom. The SMILES string of the molecule is CNC(=O)CCNCC(O)c1ccc([N+](=O)[O-])cc1. The van der Waals surface area contributed by atoms with E-state index in [9.17, 15) is 20.0 Å². The number of aliphatic hydroxyl groups excluding tert-OH is 1. The van der Waals surface area contributed by atoms with Gasteiger partial charge in [-0.2, -0.15) is 0 Å². The molecule has 0 aliphatic carbocycles. The van der Waals surface area contributed by atoms with Crippen molar-refractivity contribution in [2.45, 2.75) is 12.5 Å². The average Bonchev–Trinajstić information content (AvgIpc) is 2.43. The van der Waals surface area contributed by atoms with Crippen molar-refractivity contribution >= 4 is 11.6 Å². The number of hydrogen-bond donors (Lipinski definition) is 3. The van der Waals surface area contributed by atoms with E-state index in [2.05, 4.69) is 10.6 Å². The van der Waals surface area contributed by atoms with Gasteiger partial charge in [-0.3, -0.25) is 14.9 Å². The number of nitro benzene ring substituents is 1. The molecule has 0 radical (unpaired) electrons. The molecule has 1 aromatic rings. The van der Waals surface area contributed by atoms with Gasteiger partial charge in [0.25, 0.3) is 5.69 Å². The van der Waals surface area contributed by atoms with Gasteiger partial charge in [-0.05, 0) is 17.7 Å². The Morgan fingerprint density at radius 3 is 2.58 bits per heavy atom.